The van der Waals surface area contributed by atoms with Gasteiger partial charge in [0, 0.05) is 10.5 Å². The third-order valence-corrected chi connectivity index (χ3v) is 3.78. The van der Waals surface area contributed by atoms with Crippen LogP contribution in [0.1, 0.15) is 30.0 Å². The maximum Gasteiger partial charge on any atom is 0.0491 e. The van der Waals surface area contributed by atoms with Gasteiger partial charge in [-0.1, -0.05) is 28.1 Å². The number of hydrogen-bond acceptors (Lipinski definition) is 2. The second-order valence-electron chi connectivity index (χ2n) is 3.94. The summed E-state index contributed by atoms with van der Waals surface area (Å²) in [6, 6.07) is 6.62. The summed E-state index contributed by atoms with van der Waals surface area (Å²) >= 11 is 3.54. The molecule has 1 aliphatic carbocycles. The molecule has 0 amide bonds. The molecule has 14 heavy (non-hydrogen) atoms. The number of rotatable bonds is 3. The van der Waals surface area contributed by atoms with Crippen LogP contribution in [0.2, 0.25) is 0 Å². The molecule has 0 radical (unpaired) electrons. The quantitative estimate of drug-likeness (QED) is 0.643. The lowest BCUT2D eigenvalue weighted by atomic mass is 9.98. The van der Waals surface area contributed by atoms with E-state index in [2.05, 4.69) is 46.5 Å². The minimum atomic E-state index is 0.326. The smallest absolute Gasteiger partial charge is 0.0491 e. The van der Waals surface area contributed by atoms with Crippen molar-refractivity contribution < 1.29 is 0 Å². The third-order valence-electron chi connectivity index (χ3n) is 2.92. The van der Waals surface area contributed by atoms with Crippen LogP contribution in [0.15, 0.2) is 22.7 Å². The van der Waals surface area contributed by atoms with Crippen LogP contribution in [-0.4, -0.2) is 0 Å². The summed E-state index contributed by atoms with van der Waals surface area (Å²) in [5, 5.41) is 0. The Balaban J connectivity index is 2.33. The molecule has 1 saturated carbocycles. The third kappa shape index (κ3) is 1.85. The van der Waals surface area contributed by atoms with E-state index in [0.717, 1.165) is 10.4 Å². The van der Waals surface area contributed by atoms with E-state index in [1.54, 1.807) is 0 Å². The van der Waals surface area contributed by atoms with Gasteiger partial charge in [0.25, 0.3) is 0 Å². The molecular formula is C11H15BrN2. The van der Waals surface area contributed by atoms with Crippen LogP contribution in [0.5, 0.6) is 0 Å². The van der Waals surface area contributed by atoms with Crippen molar-refractivity contribution in [1.82, 2.24) is 5.43 Å². The van der Waals surface area contributed by atoms with Crippen LogP contribution in [0, 0.1) is 12.8 Å². The van der Waals surface area contributed by atoms with Crippen molar-refractivity contribution in [2.45, 2.75) is 25.8 Å². The summed E-state index contributed by atoms with van der Waals surface area (Å²) in [7, 11) is 0. The van der Waals surface area contributed by atoms with E-state index in [4.69, 9.17) is 5.84 Å². The van der Waals surface area contributed by atoms with Crippen molar-refractivity contribution in [3.05, 3.63) is 33.8 Å². The second kappa shape index (κ2) is 4.01. The van der Waals surface area contributed by atoms with Gasteiger partial charge in [-0.25, -0.2) is 0 Å². The summed E-state index contributed by atoms with van der Waals surface area (Å²) in [6.07, 6.45) is 2.58. The van der Waals surface area contributed by atoms with Gasteiger partial charge in [0.05, 0.1) is 0 Å². The van der Waals surface area contributed by atoms with Gasteiger partial charge in [-0.15, -0.1) is 0 Å². The predicted molar refractivity (Wildman–Crippen MR) is 61.7 cm³/mol. The highest BCUT2D eigenvalue weighted by Gasteiger charge is 2.32. The number of nitrogens with one attached hydrogen (secondary N) is 1. The molecule has 3 heteroatoms. The molecule has 2 nitrogen and oxygen atoms in total. The number of benzene rings is 1. The molecule has 76 valence electrons. The van der Waals surface area contributed by atoms with Crippen molar-refractivity contribution in [3.63, 3.8) is 0 Å². The minimum absolute atomic E-state index is 0.326. The highest BCUT2D eigenvalue weighted by atomic mass is 79.9. The first-order valence-electron chi connectivity index (χ1n) is 4.95. The topological polar surface area (TPSA) is 38.0 Å². The van der Waals surface area contributed by atoms with Crippen LogP contribution in [0.4, 0.5) is 0 Å². The van der Waals surface area contributed by atoms with E-state index in [0.29, 0.717) is 6.04 Å². The Bertz CT molecular complexity index is 334. The molecule has 3 N–H and O–H groups in total. The zero-order valence-corrected chi connectivity index (χ0v) is 9.84. The number of nitrogens with two attached hydrogens (primary N) is 1. The highest BCUT2D eigenvalue weighted by molar-refractivity contribution is 9.10. The van der Waals surface area contributed by atoms with Gasteiger partial charge in [0.15, 0.2) is 0 Å². The molecule has 2 rings (SSSR count). The Hall–Kier alpha value is -0.380. The number of halogens is 1. The summed E-state index contributed by atoms with van der Waals surface area (Å²) in [5.74, 6) is 6.33. The van der Waals surface area contributed by atoms with E-state index >= 15 is 0 Å². The molecule has 1 atom stereocenters. The second-order valence-corrected chi connectivity index (χ2v) is 4.79. The lowest BCUT2D eigenvalue weighted by Crippen LogP contribution is -2.30. The zero-order valence-electron chi connectivity index (χ0n) is 8.26. The fraction of sp³-hybridized carbons (Fsp3) is 0.455. The Morgan fingerprint density at radius 1 is 1.50 bits per heavy atom. The zero-order chi connectivity index (χ0) is 10.1. The number of hydrazine groups is 1. The maximum absolute atomic E-state index is 5.60. The van der Waals surface area contributed by atoms with Crippen LogP contribution >= 0.6 is 15.9 Å². The molecule has 0 heterocycles. The molecule has 1 unspecified atom stereocenters. The van der Waals surface area contributed by atoms with Crippen molar-refractivity contribution in [2.24, 2.45) is 11.8 Å². The molecule has 1 aliphatic rings. The molecule has 0 spiro atoms. The fourth-order valence-corrected chi connectivity index (χ4v) is 2.25. The van der Waals surface area contributed by atoms with Crippen LogP contribution in [-0.2, 0) is 0 Å². The van der Waals surface area contributed by atoms with Gasteiger partial charge in [-0.05, 0) is 42.9 Å². The molecule has 0 aromatic heterocycles. The van der Waals surface area contributed by atoms with Crippen LogP contribution < -0.4 is 11.3 Å². The first-order chi connectivity index (χ1) is 6.74. The number of hydrogen-bond donors (Lipinski definition) is 2. The average molecular weight is 255 g/mol. The molecule has 1 aromatic rings. The molecule has 1 fully saturated rings. The van der Waals surface area contributed by atoms with Crippen molar-refractivity contribution in [1.29, 1.82) is 0 Å². The van der Waals surface area contributed by atoms with Crippen LogP contribution in [0.3, 0.4) is 0 Å². The van der Waals surface area contributed by atoms with Gasteiger partial charge >= 0.3 is 0 Å². The van der Waals surface area contributed by atoms with E-state index in [-0.39, 0.29) is 0 Å². The lowest BCUT2D eigenvalue weighted by Gasteiger charge is -2.18. The Morgan fingerprint density at radius 2 is 2.21 bits per heavy atom. The van der Waals surface area contributed by atoms with Gasteiger partial charge in [0.2, 0.25) is 0 Å². The van der Waals surface area contributed by atoms with Crippen LogP contribution in [0.25, 0.3) is 0 Å². The SMILES string of the molecule is Cc1c(Br)cccc1C(NN)C1CC1. The first kappa shape index (κ1) is 10.1. The Kier molecular flexibility index (Phi) is 2.91. The fourth-order valence-electron chi connectivity index (χ4n) is 1.87. The summed E-state index contributed by atoms with van der Waals surface area (Å²) in [6.45, 7) is 2.13. The van der Waals surface area contributed by atoms with Gasteiger partial charge in [-0.2, -0.15) is 0 Å². The molecule has 0 saturated heterocycles. The normalized spacial score (nSPS) is 18.2. The first-order valence-corrected chi connectivity index (χ1v) is 5.74. The molecular weight excluding hydrogens is 240 g/mol. The largest absolute Gasteiger partial charge is 0.271 e. The maximum atomic E-state index is 5.60. The predicted octanol–water partition coefficient (Wildman–Crippen LogP) is 2.67. The highest BCUT2D eigenvalue weighted by Crippen LogP contribution is 2.42. The Morgan fingerprint density at radius 3 is 2.79 bits per heavy atom. The minimum Gasteiger partial charge on any atom is -0.271 e. The summed E-state index contributed by atoms with van der Waals surface area (Å²) in [4.78, 5) is 0. The average Bonchev–Trinajstić information content (AvgIpc) is 2.97. The lowest BCUT2D eigenvalue weighted by molar-refractivity contribution is 0.494. The summed E-state index contributed by atoms with van der Waals surface area (Å²) in [5.41, 5.74) is 5.54. The van der Waals surface area contributed by atoms with E-state index < -0.39 is 0 Å². The van der Waals surface area contributed by atoms with Crippen molar-refractivity contribution >= 4 is 15.9 Å². The Labute approximate surface area is 93.0 Å². The molecule has 1 aromatic carbocycles. The van der Waals surface area contributed by atoms with E-state index in [9.17, 15) is 0 Å². The van der Waals surface area contributed by atoms with E-state index in [1.807, 2.05) is 0 Å². The van der Waals surface area contributed by atoms with Gasteiger partial charge in [0.1, 0.15) is 0 Å². The standard InChI is InChI=1S/C11H15BrN2/c1-7-9(3-2-4-10(7)12)11(14-13)8-5-6-8/h2-4,8,11,14H,5-6,13H2,1H3. The van der Waals surface area contributed by atoms with Gasteiger partial charge < -0.3 is 0 Å². The van der Waals surface area contributed by atoms with Crippen molar-refractivity contribution in [2.75, 3.05) is 0 Å². The summed E-state index contributed by atoms with van der Waals surface area (Å²) < 4.78 is 1.16. The molecule has 0 bridgehead atoms. The van der Waals surface area contributed by atoms with Gasteiger partial charge in [-0.3, -0.25) is 11.3 Å². The van der Waals surface area contributed by atoms with E-state index in [1.165, 1.54) is 24.0 Å². The molecule has 0 aliphatic heterocycles. The monoisotopic (exact) mass is 254 g/mol. The van der Waals surface area contributed by atoms with Crippen molar-refractivity contribution in [3.8, 4) is 0 Å².